The van der Waals surface area contributed by atoms with Crippen molar-refractivity contribution < 1.29 is 49.0 Å². The Labute approximate surface area is 392 Å². The Morgan fingerprint density at radius 3 is 1.22 bits per heavy atom. The van der Waals surface area contributed by atoms with Crippen molar-refractivity contribution in [2.75, 3.05) is 19.8 Å². The van der Waals surface area contributed by atoms with Crippen molar-refractivity contribution in [1.29, 1.82) is 0 Å². The van der Waals surface area contributed by atoms with Gasteiger partial charge in [0, 0.05) is 12.8 Å². The Bertz CT molecular complexity index is 1050. The summed E-state index contributed by atoms with van der Waals surface area (Å²) >= 11 is 0. The maximum Gasteiger partial charge on any atom is 0.306 e. The number of carbonyl (C=O) groups excluding carboxylic acids is 2. The molecule has 1 rings (SSSR count). The summed E-state index contributed by atoms with van der Waals surface area (Å²) in [7, 11) is 0. The van der Waals surface area contributed by atoms with Gasteiger partial charge in [-0.2, -0.15) is 0 Å². The fourth-order valence-corrected chi connectivity index (χ4v) is 8.60. The predicted octanol–water partition coefficient (Wildman–Crippen LogP) is 13.1. The lowest BCUT2D eigenvalue weighted by Crippen LogP contribution is -2.59. The molecule has 0 aromatic carbocycles. The Morgan fingerprint density at radius 2 is 0.828 bits per heavy atom. The number of aliphatic hydroxyl groups is 4. The molecule has 4 N–H and O–H groups in total. The van der Waals surface area contributed by atoms with Gasteiger partial charge in [0.25, 0.3) is 0 Å². The normalized spacial score (nSPS) is 19.4. The number of ether oxygens (including phenoxy) is 4. The van der Waals surface area contributed by atoms with Crippen LogP contribution >= 0.6 is 0 Å². The van der Waals surface area contributed by atoms with Crippen LogP contribution in [-0.4, -0.2) is 89.0 Å². The maximum absolute atomic E-state index is 12.9. The summed E-state index contributed by atoms with van der Waals surface area (Å²) in [5.41, 5.74) is 0. The summed E-state index contributed by atoms with van der Waals surface area (Å²) < 4.78 is 22.3. The third kappa shape index (κ3) is 35.6. The number of hydrogen-bond acceptors (Lipinski definition) is 10. The first-order chi connectivity index (χ1) is 31.3. The van der Waals surface area contributed by atoms with E-state index in [-0.39, 0.29) is 32.0 Å². The molecule has 6 atom stereocenters. The summed E-state index contributed by atoms with van der Waals surface area (Å²) in [4.78, 5) is 25.5. The minimum Gasteiger partial charge on any atom is -0.462 e. The van der Waals surface area contributed by atoms with Gasteiger partial charge in [0.15, 0.2) is 12.4 Å². The second-order valence-electron chi connectivity index (χ2n) is 19.0. The number of esters is 2. The molecule has 1 aliphatic rings. The summed E-state index contributed by atoms with van der Waals surface area (Å²) in [6, 6.07) is 0. The molecule has 0 aromatic heterocycles. The molecule has 10 heteroatoms. The van der Waals surface area contributed by atoms with Crippen molar-refractivity contribution in [2.24, 2.45) is 0 Å². The van der Waals surface area contributed by atoms with Gasteiger partial charge in [0.05, 0.1) is 13.2 Å². The average molecular weight is 911 g/mol. The van der Waals surface area contributed by atoms with Crippen molar-refractivity contribution in [2.45, 2.75) is 301 Å². The Kier molecular flexibility index (Phi) is 42.7. The molecule has 0 amide bonds. The van der Waals surface area contributed by atoms with Crippen LogP contribution in [0.4, 0.5) is 0 Å². The molecule has 0 spiro atoms. The lowest BCUT2D eigenvalue weighted by atomic mass is 9.99. The van der Waals surface area contributed by atoms with Crippen molar-refractivity contribution >= 4 is 11.9 Å². The molecule has 6 unspecified atom stereocenters. The molecule has 0 aromatic rings. The number of allylic oxidation sites excluding steroid dienone is 2. The maximum atomic E-state index is 12.9. The average Bonchev–Trinajstić information content (AvgIpc) is 3.29. The molecular weight excluding hydrogens is 809 g/mol. The number of hydrogen-bond donors (Lipinski definition) is 4. The summed E-state index contributed by atoms with van der Waals surface area (Å²) in [6.45, 7) is 3.48. The lowest BCUT2D eigenvalue weighted by molar-refractivity contribution is -0.305. The van der Waals surface area contributed by atoms with Gasteiger partial charge in [-0.1, -0.05) is 225 Å². The van der Waals surface area contributed by atoms with Crippen LogP contribution in [-0.2, 0) is 28.5 Å². The Morgan fingerprint density at radius 1 is 0.469 bits per heavy atom. The van der Waals surface area contributed by atoms with Gasteiger partial charge in [-0.3, -0.25) is 9.59 Å². The van der Waals surface area contributed by atoms with Gasteiger partial charge >= 0.3 is 11.9 Å². The highest BCUT2D eigenvalue weighted by atomic mass is 16.7. The Hall–Kier alpha value is -1.56. The Balaban J connectivity index is 2.22. The first kappa shape index (κ1) is 60.5. The molecule has 0 radical (unpaired) electrons. The fourth-order valence-electron chi connectivity index (χ4n) is 8.60. The molecule has 1 heterocycles. The van der Waals surface area contributed by atoms with Crippen molar-refractivity contribution in [3.8, 4) is 0 Å². The van der Waals surface area contributed by atoms with Crippen molar-refractivity contribution in [3.05, 3.63) is 12.2 Å². The molecule has 0 saturated carbocycles. The summed E-state index contributed by atoms with van der Waals surface area (Å²) in [5, 5.41) is 40.2. The second-order valence-corrected chi connectivity index (χ2v) is 19.0. The second kappa shape index (κ2) is 45.2. The van der Waals surface area contributed by atoms with Gasteiger partial charge in [0.2, 0.25) is 0 Å². The molecule has 0 bridgehead atoms. The minimum atomic E-state index is -1.59. The number of unbranched alkanes of at least 4 members (excludes halogenated alkanes) is 34. The summed E-state index contributed by atoms with van der Waals surface area (Å²) in [5.74, 6) is -0.791. The van der Waals surface area contributed by atoms with E-state index in [1.54, 1.807) is 0 Å². The standard InChI is InChI=1S/C54H102O10/c1-3-5-7-9-11-13-15-17-19-21-23-24-25-27-29-31-33-35-37-39-41-43-50(57)63-47(46-62-54-53(60)52(59)51(58)48(44-55)64-54)45-61-49(56)42-40-38-36-34-32-30-28-26-22-20-18-16-14-12-10-8-6-4-2/h21,23,47-48,51-55,58-60H,3-20,22,24-46H2,1-2H3/b23-21-. The van der Waals surface area contributed by atoms with Crippen LogP contribution in [0.2, 0.25) is 0 Å². The largest absolute Gasteiger partial charge is 0.462 e. The van der Waals surface area contributed by atoms with E-state index >= 15 is 0 Å². The van der Waals surface area contributed by atoms with E-state index in [9.17, 15) is 30.0 Å². The van der Waals surface area contributed by atoms with Crippen molar-refractivity contribution in [3.63, 3.8) is 0 Å². The van der Waals surface area contributed by atoms with E-state index < -0.39 is 49.4 Å². The zero-order valence-electron chi connectivity index (χ0n) is 41.6. The highest BCUT2D eigenvalue weighted by Crippen LogP contribution is 2.23. The topological polar surface area (TPSA) is 152 Å². The van der Waals surface area contributed by atoms with E-state index in [0.29, 0.717) is 6.42 Å². The molecule has 1 fully saturated rings. The van der Waals surface area contributed by atoms with Crippen LogP contribution in [0, 0.1) is 0 Å². The molecular formula is C54H102O10. The highest BCUT2D eigenvalue weighted by molar-refractivity contribution is 5.70. The predicted molar refractivity (Wildman–Crippen MR) is 261 cm³/mol. The lowest BCUT2D eigenvalue weighted by Gasteiger charge is -2.39. The van der Waals surface area contributed by atoms with Gasteiger partial charge in [0.1, 0.15) is 31.0 Å². The van der Waals surface area contributed by atoms with Crippen LogP contribution in [0.1, 0.15) is 264 Å². The number of aliphatic hydroxyl groups excluding tert-OH is 4. The smallest absolute Gasteiger partial charge is 0.306 e. The van der Waals surface area contributed by atoms with E-state index in [1.165, 1.54) is 193 Å². The molecule has 64 heavy (non-hydrogen) atoms. The van der Waals surface area contributed by atoms with Crippen LogP contribution < -0.4 is 0 Å². The SMILES string of the molecule is CCCCCCCCCC/C=C\CCCCCCCCCCCC(=O)OC(COC(=O)CCCCCCCCCCCCCCCCCCCC)COC1OC(CO)C(O)C(O)C1O. The van der Waals surface area contributed by atoms with E-state index in [0.717, 1.165) is 38.5 Å². The molecule has 378 valence electrons. The fraction of sp³-hybridized carbons (Fsp3) is 0.926. The van der Waals surface area contributed by atoms with Crippen molar-refractivity contribution in [1.82, 2.24) is 0 Å². The molecule has 0 aliphatic carbocycles. The van der Waals surface area contributed by atoms with Crippen LogP contribution in [0.25, 0.3) is 0 Å². The zero-order chi connectivity index (χ0) is 46.6. The zero-order valence-corrected chi connectivity index (χ0v) is 41.6. The first-order valence-corrected chi connectivity index (χ1v) is 27.3. The van der Waals surface area contributed by atoms with E-state index in [1.807, 2.05) is 0 Å². The third-order valence-corrected chi connectivity index (χ3v) is 12.9. The first-order valence-electron chi connectivity index (χ1n) is 27.3. The van der Waals surface area contributed by atoms with Crippen LogP contribution in [0.5, 0.6) is 0 Å². The quantitative estimate of drug-likeness (QED) is 0.0264. The molecule has 10 nitrogen and oxygen atoms in total. The molecule has 1 saturated heterocycles. The van der Waals surface area contributed by atoms with Crippen LogP contribution in [0.15, 0.2) is 12.2 Å². The minimum absolute atomic E-state index is 0.212. The van der Waals surface area contributed by atoms with Gasteiger partial charge in [-0.05, 0) is 38.5 Å². The highest BCUT2D eigenvalue weighted by Gasteiger charge is 2.44. The van der Waals surface area contributed by atoms with Gasteiger partial charge in [-0.15, -0.1) is 0 Å². The number of rotatable bonds is 47. The van der Waals surface area contributed by atoms with Gasteiger partial charge < -0.3 is 39.4 Å². The van der Waals surface area contributed by atoms with E-state index in [4.69, 9.17) is 18.9 Å². The summed E-state index contributed by atoms with van der Waals surface area (Å²) in [6.07, 6.45) is 43.6. The van der Waals surface area contributed by atoms with E-state index in [2.05, 4.69) is 26.0 Å². The number of carbonyl (C=O) groups is 2. The monoisotopic (exact) mass is 911 g/mol. The van der Waals surface area contributed by atoms with Crippen LogP contribution in [0.3, 0.4) is 0 Å². The van der Waals surface area contributed by atoms with Gasteiger partial charge in [-0.25, -0.2) is 0 Å². The third-order valence-electron chi connectivity index (χ3n) is 12.9. The molecule has 1 aliphatic heterocycles.